The third kappa shape index (κ3) is 4.70. The highest BCUT2D eigenvalue weighted by molar-refractivity contribution is 7.79. The van der Waals surface area contributed by atoms with E-state index >= 15 is 0 Å². The molecule has 4 rings (SSSR count). The van der Waals surface area contributed by atoms with Crippen LogP contribution in [0.2, 0.25) is 0 Å². The lowest BCUT2D eigenvalue weighted by atomic mass is 10.2. The smallest absolute Gasteiger partial charge is 0.339 e. The van der Waals surface area contributed by atoms with E-state index in [9.17, 15) is 9.59 Å². The Kier molecular flexibility index (Phi) is 6.32. The number of para-hydroxylation sites is 2. The molecule has 8 heteroatoms. The van der Waals surface area contributed by atoms with Crippen molar-refractivity contribution in [1.82, 2.24) is 4.31 Å². The monoisotopic (exact) mass is 448 g/mol. The standard InChI is InChI=1S/C24H20N2O5S/c1-29-20-11-4-3-8-17(20)15-30-19-10-6-9-18(14-19)25-24(28)26(32)23(27)22-13-16-7-2-5-12-21(16)31-22/h2-14,32H,15H2,1H3,(H,25,28). The molecule has 0 saturated carbocycles. The molecule has 0 aliphatic rings. The summed E-state index contributed by atoms with van der Waals surface area (Å²) in [6.07, 6.45) is 0. The highest BCUT2D eigenvalue weighted by Gasteiger charge is 2.23. The maximum absolute atomic E-state index is 12.6. The number of benzene rings is 3. The Balaban J connectivity index is 1.41. The molecule has 1 aromatic heterocycles. The van der Waals surface area contributed by atoms with Crippen molar-refractivity contribution in [3.63, 3.8) is 0 Å². The highest BCUT2D eigenvalue weighted by atomic mass is 32.1. The maximum Gasteiger partial charge on any atom is 0.339 e. The van der Waals surface area contributed by atoms with Crippen LogP contribution in [-0.4, -0.2) is 23.4 Å². The summed E-state index contributed by atoms with van der Waals surface area (Å²) in [5, 5.41) is 3.39. The van der Waals surface area contributed by atoms with Crippen LogP contribution in [0.4, 0.5) is 10.5 Å². The van der Waals surface area contributed by atoms with E-state index in [-0.39, 0.29) is 5.76 Å². The van der Waals surface area contributed by atoms with E-state index in [1.165, 1.54) is 0 Å². The van der Waals surface area contributed by atoms with Crippen LogP contribution in [0.1, 0.15) is 16.1 Å². The minimum Gasteiger partial charge on any atom is -0.496 e. The summed E-state index contributed by atoms with van der Waals surface area (Å²) in [7, 11) is 1.60. The van der Waals surface area contributed by atoms with Crippen molar-refractivity contribution < 1.29 is 23.5 Å². The van der Waals surface area contributed by atoms with Gasteiger partial charge in [0.15, 0.2) is 5.76 Å². The molecule has 0 unspecified atom stereocenters. The Morgan fingerprint density at radius 1 is 1.00 bits per heavy atom. The minimum absolute atomic E-state index is 0.0187. The topological polar surface area (TPSA) is 81.0 Å². The number of ether oxygens (including phenoxy) is 2. The van der Waals surface area contributed by atoms with E-state index < -0.39 is 11.9 Å². The average Bonchev–Trinajstić information content (AvgIpc) is 3.26. The van der Waals surface area contributed by atoms with Crippen LogP contribution in [0.15, 0.2) is 83.3 Å². The molecule has 1 heterocycles. The van der Waals surface area contributed by atoms with Crippen molar-refractivity contribution in [2.75, 3.05) is 12.4 Å². The van der Waals surface area contributed by atoms with Crippen LogP contribution in [0.3, 0.4) is 0 Å². The summed E-state index contributed by atoms with van der Waals surface area (Å²) in [6.45, 7) is 0.296. The fourth-order valence-corrected chi connectivity index (χ4v) is 3.26. The Hall–Kier alpha value is -3.91. The van der Waals surface area contributed by atoms with Gasteiger partial charge in [0.2, 0.25) is 0 Å². The number of fused-ring (bicyclic) bond motifs is 1. The molecule has 0 spiro atoms. The number of thiol groups is 1. The Bertz CT molecular complexity index is 1240. The number of furan rings is 1. The second-order valence-electron chi connectivity index (χ2n) is 6.82. The van der Waals surface area contributed by atoms with Crippen LogP contribution in [0, 0.1) is 0 Å². The Morgan fingerprint density at radius 3 is 2.59 bits per heavy atom. The summed E-state index contributed by atoms with van der Waals surface area (Å²) in [5.41, 5.74) is 1.89. The molecule has 0 saturated heterocycles. The van der Waals surface area contributed by atoms with Crippen LogP contribution >= 0.6 is 12.8 Å². The van der Waals surface area contributed by atoms with Crippen molar-refractivity contribution >= 4 is 41.4 Å². The zero-order valence-electron chi connectivity index (χ0n) is 17.1. The predicted octanol–water partition coefficient (Wildman–Crippen LogP) is 5.54. The number of hydrogen-bond donors (Lipinski definition) is 2. The van der Waals surface area contributed by atoms with Gasteiger partial charge in [-0.15, -0.1) is 0 Å². The van der Waals surface area contributed by atoms with Gasteiger partial charge in [0, 0.05) is 22.7 Å². The van der Waals surface area contributed by atoms with E-state index in [0.29, 0.717) is 27.9 Å². The molecule has 0 fully saturated rings. The number of imide groups is 1. The molecule has 7 nitrogen and oxygen atoms in total. The first-order valence-corrected chi connectivity index (χ1v) is 10.1. The summed E-state index contributed by atoms with van der Waals surface area (Å²) < 4.78 is 17.3. The van der Waals surface area contributed by atoms with Crippen molar-refractivity contribution in [1.29, 1.82) is 0 Å². The second-order valence-corrected chi connectivity index (χ2v) is 7.22. The average molecular weight is 449 g/mol. The summed E-state index contributed by atoms with van der Waals surface area (Å²) in [4.78, 5) is 25.1. The van der Waals surface area contributed by atoms with E-state index in [1.54, 1.807) is 49.6 Å². The molecule has 4 aromatic rings. The van der Waals surface area contributed by atoms with Crippen LogP contribution in [-0.2, 0) is 6.61 Å². The number of carbonyl (C=O) groups excluding carboxylic acids is 2. The zero-order valence-corrected chi connectivity index (χ0v) is 18.0. The molecule has 0 radical (unpaired) electrons. The van der Waals surface area contributed by atoms with Crippen molar-refractivity contribution in [2.24, 2.45) is 0 Å². The molecule has 3 amide bonds. The maximum atomic E-state index is 12.6. The van der Waals surface area contributed by atoms with Gasteiger partial charge in [0.25, 0.3) is 0 Å². The normalized spacial score (nSPS) is 10.6. The number of hydrogen-bond acceptors (Lipinski definition) is 6. The van der Waals surface area contributed by atoms with Gasteiger partial charge in [-0.2, -0.15) is 0 Å². The van der Waals surface area contributed by atoms with E-state index in [2.05, 4.69) is 18.1 Å². The van der Waals surface area contributed by atoms with Crippen LogP contribution < -0.4 is 14.8 Å². The Labute approximate surface area is 190 Å². The Morgan fingerprint density at radius 2 is 1.78 bits per heavy atom. The molecule has 32 heavy (non-hydrogen) atoms. The lowest BCUT2D eigenvalue weighted by Crippen LogP contribution is -2.32. The number of urea groups is 1. The van der Waals surface area contributed by atoms with Crippen LogP contribution in [0.25, 0.3) is 11.0 Å². The van der Waals surface area contributed by atoms with Crippen molar-refractivity contribution in [2.45, 2.75) is 6.61 Å². The zero-order chi connectivity index (χ0) is 22.5. The fourth-order valence-electron chi connectivity index (χ4n) is 3.11. The van der Waals surface area contributed by atoms with Crippen molar-refractivity contribution in [3.8, 4) is 11.5 Å². The van der Waals surface area contributed by atoms with Gasteiger partial charge in [-0.3, -0.25) is 4.79 Å². The first-order chi connectivity index (χ1) is 15.5. The molecular weight excluding hydrogens is 428 g/mol. The lowest BCUT2D eigenvalue weighted by Gasteiger charge is -2.14. The molecule has 0 atom stereocenters. The molecule has 0 aliphatic carbocycles. The molecule has 162 valence electrons. The van der Waals surface area contributed by atoms with Gasteiger partial charge in [-0.05, 0) is 30.3 Å². The van der Waals surface area contributed by atoms with E-state index in [1.807, 2.05) is 36.4 Å². The first-order valence-electron chi connectivity index (χ1n) is 9.73. The fraction of sp³-hybridized carbons (Fsp3) is 0.0833. The van der Waals surface area contributed by atoms with E-state index in [4.69, 9.17) is 13.9 Å². The highest BCUT2D eigenvalue weighted by Crippen LogP contribution is 2.24. The van der Waals surface area contributed by atoms with Gasteiger partial charge >= 0.3 is 11.9 Å². The quantitative estimate of drug-likeness (QED) is 0.379. The SMILES string of the molecule is COc1ccccc1COc1cccc(NC(=O)N(S)C(=O)c2cc3ccccc3o2)c1. The number of methoxy groups -OCH3 is 1. The molecule has 3 aromatic carbocycles. The van der Waals surface area contributed by atoms with Gasteiger partial charge < -0.3 is 19.2 Å². The summed E-state index contributed by atoms with van der Waals surface area (Å²) in [5.74, 6) is 0.616. The summed E-state index contributed by atoms with van der Waals surface area (Å²) in [6, 6.07) is 22.4. The van der Waals surface area contributed by atoms with Gasteiger partial charge in [0.1, 0.15) is 23.7 Å². The molecule has 0 aliphatic heterocycles. The number of nitrogens with zero attached hydrogens (tertiary/aromatic N) is 1. The van der Waals surface area contributed by atoms with Gasteiger partial charge in [-0.25, -0.2) is 9.10 Å². The molecule has 1 N–H and O–H groups in total. The number of amides is 3. The third-order valence-corrected chi connectivity index (χ3v) is 5.06. The first kappa shape index (κ1) is 21.3. The predicted molar refractivity (Wildman–Crippen MR) is 124 cm³/mol. The van der Waals surface area contributed by atoms with Crippen LogP contribution in [0.5, 0.6) is 11.5 Å². The second kappa shape index (κ2) is 9.49. The van der Waals surface area contributed by atoms with E-state index in [0.717, 1.165) is 16.7 Å². The lowest BCUT2D eigenvalue weighted by molar-refractivity contribution is 0.0875. The summed E-state index contributed by atoms with van der Waals surface area (Å²) >= 11 is 4.05. The minimum atomic E-state index is -0.722. The molecule has 0 bridgehead atoms. The third-order valence-electron chi connectivity index (χ3n) is 4.69. The van der Waals surface area contributed by atoms with Crippen molar-refractivity contribution in [3.05, 3.63) is 90.2 Å². The number of anilines is 1. The largest absolute Gasteiger partial charge is 0.496 e. The molecular formula is C24H20N2O5S. The number of rotatable bonds is 6. The van der Waals surface area contributed by atoms with Gasteiger partial charge in [-0.1, -0.05) is 55.3 Å². The number of nitrogens with one attached hydrogen (secondary N) is 1. The van der Waals surface area contributed by atoms with Gasteiger partial charge in [0.05, 0.1) is 7.11 Å². The number of carbonyl (C=O) groups is 2.